The zero-order chi connectivity index (χ0) is 12.4. The molecule has 1 aliphatic heterocycles. The third-order valence-electron chi connectivity index (χ3n) is 2.84. The lowest BCUT2D eigenvalue weighted by molar-refractivity contribution is 0.303. The summed E-state index contributed by atoms with van der Waals surface area (Å²) in [5.74, 6) is 1.46. The molecule has 18 heavy (non-hydrogen) atoms. The molecule has 1 aromatic heterocycles. The van der Waals surface area contributed by atoms with Crippen molar-refractivity contribution in [1.82, 2.24) is 9.97 Å². The van der Waals surface area contributed by atoms with Gasteiger partial charge in [0.05, 0.1) is 12.7 Å². The first kappa shape index (κ1) is 11.3. The fraction of sp³-hybridized carbons (Fsp3) is 0.231. The Kier molecular flexibility index (Phi) is 3.02. The van der Waals surface area contributed by atoms with Gasteiger partial charge >= 0.3 is 0 Å². The van der Waals surface area contributed by atoms with Gasteiger partial charge in [-0.3, -0.25) is 0 Å². The number of rotatable bonds is 2. The summed E-state index contributed by atoms with van der Waals surface area (Å²) in [4.78, 5) is 10.3. The Balaban J connectivity index is 1.89. The number of hydrogen-bond acceptors (Lipinski definition) is 4. The predicted molar refractivity (Wildman–Crippen MR) is 70.0 cm³/mol. The molecule has 1 aliphatic rings. The van der Waals surface area contributed by atoms with Crippen LogP contribution in [0.25, 0.3) is 0 Å². The zero-order valence-corrected chi connectivity index (χ0v) is 10.5. The summed E-state index contributed by atoms with van der Waals surface area (Å²) >= 11 is 5.84. The van der Waals surface area contributed by atoms with E-state index in [1.54, 1.807) is 6.20 Å². The lowest BCUT2D eigenvalue weighted by Crippen LogP contribution is -2.33. The summed E-state index contributed by atoms with van der Waals surface area (Å²) in [6.07, 6.45) is 1.63. The highest BCUT2D eigenvalue weighted by Crippen LogP contribution is 2.30. The van der Waals surface area contributed by atoms with Crippen molar-refractivity contribution in [3.63, 3.8) is 0 Å². The molecule has 1 aromatic carbocycles. The molecule has 92 valence electrons. The Morgan fingerprint density at radius 1 is 1.28 bits per heavy atom. The van der Waals surface area contributed by atoms with Crippen molar-refractivity contribution in [3.05, 3.63) is 47.4 Å². The summed E-state index contributed by atoms with van der Waals surface area (Å²) in [6.45, 7) is 2.24. The van der Waals surface area contributed by atoms with E-state index in [4.69, 9.17) is 16.3 Å². The Morgan fingerprint density at radius 2 is 2.11 bits per heavy atom. The molecule has 0 bridgehead atoms. The smallest absolute Gasteiger partial charge is 0.224 e. The normalized spacial score (nSPS) is 13.9. The van der Waals surface area contributed by atoms with E-state index in [2.05, 4.69) is 27.0 Å². The minimum Gasteiger partial charge on any atom is -0.486 e. The Hall–Kier alpha value is -1.81. The number of aromatic nitrogens is 2. The van der Waals surface area contributed by atoms with Crippen molar-refractivity contribution in [2.24, 2.45) is 0 Å². The molecule has 0 amide bonds. The molecule has 3 rings (SSSR count). The first-order valence-electron chi connectivity index (χ1n) is 5.77. The van der Waals surface area contributed by atoms with Gasteiger partial charge in [-0.25, -0.2) is 4.98 Å². The minimum atomic E-state index is 0.248. The van der Waals surface area contributed by atoms with Gasteiger partial charge in [0.15, 0.2) is 11.6 Å². The lowest BCUT2D eigenvalue weighted by Gasteiger charge is -2.29. The van der Waals surface area contributed by atoms with Gasteiger partial charge in [0.1, 0.15) is 6.61 Å². The van der Waals surface area contributed by atoms with E-state index in [-0.39, 0.29) is 5.28 Å². The van der Waals surface area contributed by atoms with Crippen LogP contribution in [0, 0.1) is 0 Å². The first-order chi connectivity index (χ1) is 8.83. The highest BCUT2D eigenvalue weighted by Gasteiger charge is 2.20. The van der Waals surface area contributed by atoms with Crippen LogP contribution in [0.3, 0.4) is 0 Å². The van der Waals surface area contributed by atoms with E-state index in [1.165, 1.54) is 5.56 Å². The van der Waals surface area contributed by atoms with Crippen LogP contribution >= 0.6 is 11.6 Å². The lowest BCUT2D eigenvalue weighted by atomic mass is 10.2. The van der Waals surface area contributed by atoms with Gasteiger partial charge in [0, 0.05) is 6.54 Å². The second-order valence-electron chi connectivity index (χ2n) is 4.08. The summed E-state index contributed by atoms with van der Waals surface area (Å²) < 4.78 is 5.52. The van der Waals surface area contributed by atoms with Crippen LogP contribution in [0.4, 0.5) is 5.82 Å². The molecular weight excluding hydrogens is 250 g/mol. The maximum Gasteiger partial charge on any atom is 0.224 e. The van der Waals surface area contributed by atoms with Crippen LogP contribution in [-0.4, -0.2) is 23.1 Å². The van der Waals surface area contributed by atoms with E-state index >= 15 is 0 Å². The number of ether oxygens (including phenoxy) is 1. The predicted octanol–water partition coefficient (Wildman–Crippen LogP) is 2.53. The van der Waals surface area contributed by atoms with Crippen molar-refractivity contribution >= 4 is 17.4 Å². The van der Waals surface area contributed by atoms with Crippen LogP contribution in [0.15, 0.2) is 36.5 Å². The Bertz CT molecular complexity index is 547. The van der Waals surface area contributed by atoms with Gasteiger partial charge in [0.25, 0.3) is 0 Å². The number of anilines is 1. The molecule has 0 saturated heterocycles. The van der Waals surface area contributed by atoms with Gasteiger partial charge in [-0.05, 0) is 17.2 Å². The molecule has 0 saturated carbocycles. The molecule has 0 fully saturated rings. The van der Waals surface area contributed by atoms with E-state index in [0.29, 0.717) is 12.4 Å². The molecule has 0 spiro atoms. The molecule has 0 N–H and O–H groups in total. The van der Waals surface area contributed by atoms with Crippen molar-refractivity contribution in [2.75, 3.05) is 18.1 Å². The maximum atomic E-state index is 5.84. The van der Waals surface area contributed by atoms with Gasteiger partial charge < -0.3 is 9.64 Å². The standard InChI is InChI=1S/C13H12ClN3O/c14-13-15-8-11-12(16-13)17(6-7-18-11)9-10-4-2-1-3-5-10/h1-5,8H,6-7,9H2. The zero-order valence-electron chi connectivity index (χ0n) is 9.71. The first-order valence-corrected chi connectivity index (χ1v) is 6.15. The number of benzene rings is 1. The summed E-state index contributed by atoms with van der Waals surface area (Å²) in [5.41, 5.74) is 1.24. The Labute approximate surface area is 110 Å². The molecule has 5 heteroatoms. The minimum absolute atomic E-state index is 0.248. The van der Waals surface area contributed by atoms with Gasteiger partial charge in [-0.2, -0.15) is 4.98 Å². The van der Waals surface area contributed by atoms with E-state index in [0.717, 1.165) is 18.9 Å². The third-order valence-corrected chi connectivity index (χ3v) is 3.02. The highest BCUT2D eigenvalue weighted by atomic mass is 35.5. The van der Waals surface area contributed by atoms with Crippen LogP contribution in [0.2, 0.25) is 5.28 Å². The van der Waals surface area contributed by atoms with Crippen LogP contribution < -0.4 is 9.64 Å². The van der Waals surface area contributed by atoms with Gasteiger partial charge in [0.2, 0.25) is 5.28 Å². The highest BCUT2D eigenvalue weighted by molar-refractivity contribution is 6.28. The van der Waals surface area contributed by atoms with Crippen LogP contribution in [0.5, 0.6) is 5.75 Å². The summed E-state index contributed by atoms with van der Waals surface area (Å²) in [5, 5.41) is 0.248. The molecular formula is C13H12ClN3O. The Morgan fingerprint density at radius 3 is 2.94 bits per heavy atom. The fourth-order valence-electron chi connectivity index (χ4n) is 2.00. The molecule has 0 aliphatic carbocycles. The van der Waals surface area contributed by atoms with Crippen LogP contribution in [-0.2, 0) is 6.54 Å². The topological polar surface area (TPSA) is 38.2 Å². The molecule has 2 heterocycles. The molecule has 2 aromatic rings. The quantitative estimate of drug-likeness (QED) is 0.779. The summed E-state index contributed by atoms with van der Waals surface area (Å²) in [6, 6.07) is 10.3. The number of hydrogen-bond donors (Lipinski definition) is 0. The average Bonchev–Trinajstić information content (AvgIpc) is 2.41. The van der Waals surface area contributed by atoms with Gasteiger partial charge in [-0.15, -0.1) is 0 Å². The van der Waals surface area contributed by atoms with Crippen molar-refractivity contribution in [1.29, 1.82) is 0 Å². The van der Waals surface area contributed by atoms with Crippen molar-refractivity contribution < 1.29 is 4.74 Å². The van der Waals surface area contributed by atoms with Crippen molar-refractivity contribution in [3.8, 4) is 5.75 Å². The van der Waals surface area contributed by atoms with E-state index < -0.39 is 0 Å². The average molecular weight is 262 g/mol. The maximum absolute atomic E-state index is 5.84. The summed E-state index contributed by atoms with van der Waals surface area (Å²) in [7, 11) is 0. The number of halogens is 1. The molecule has 0 unspecified atom stereocenters. The monoisotopic (exact) mass is 261 g/mol. The number of nitrogens with zero attached hydrogens (tertiary/aromatic N) is 3. The second-order valence-corrected chi connectivity index (χ2v) is 4.42. The number of fused-ring (bicyclic) bond motifs is 1. The van der Waals surface area contributed by atoms with E-state index in [9.17, 15) is 0 Å². The molecule has 4 nitrogen and oxygen atoms in total. The largest absolute Gasteiger partial charge is 0.486 e. The third kappa shape index (κ3) is 2.24. The molecule has 0 atom stereocenters. The SMILES string of the molecule is Clc1ncc2c(n1)N(Cc1ccccc1)CCO2. The van der Waals surface area contributed by atoms with Crippen LogP contribution in [0.1, 0.15) is 5.56 Å². The molecule has 0 radical (unpaired) electrons. The van der Waals surface area contributed by atoms with Gasteiger partial charge in [-0.1, -0.05) is 30.3 Å². The van der Waals surface area contributed by atoms with Crippen molar-refractivity contribution in [2.45, 2.75) is 6.54 Å². The fourth-order valence-corrected chi connectivity index (χ4v) is 2.13. The second kappa shape index (κ2) is 4.82. The van der Waals surface area contributed by atoms with E-state index in [1.807, 2.05) is 18.2 Å².